The molecule has 1 atom stereocenters. The first-order valence-electron chi connectivity index (χ1n) is 7.53. The number of guanidine groups is 1. The van der Waals surface area contributed by atoms with Crippen LogP contribution in [0.4, 0.5) is 0 Å². The van der Waals surface area contributed by atoms with E-state index in [9.17, 15) is 0 Å². The van der Waals surface area contributed by atoms with Crippen LogP contribution in [0.5, 0.6) is 0 Å². The van der Waals surface area contributed by atoms with Gasteiger partial charge in [-0.15, -0.1) is 0 Å². The van der Waals surface area contributed by atoms with Crippen LogP contribution in [0.15, 0.2) is 4.99 Å². The summed E-state index contributed by atoms with van der Waals surface area (Å²) in [6, 6.07) is 0.969. The summed E-state index contributed by atoms with van der Waals surface area (Å²) in [5, 5.41) is 0. The van der Waals surface area contributed by atoms with E-state index in [0.717, 1.165) is 18.9 Å². The number of nitrogens with zero attached hydrogens (tertiary/aromatic N) is 2. The lowest BCUT2D eigenvalue weighted by atomic mass is 10.2. The fourth-order valence-corrected chi connectivity index (χ4v) is 2.48. The van der Waals surface area contributed by atoms with Crippen molar-refractivity contribution in [3.8, 4) is 0 Å². The molecular formula is C14H30N4. The molecule has 0 heterocycles. The third-order valence-corrected chi connectivity index (χ3v) is 3.91. The van der Waals surface area contributed by atoms with E-state index in [1.807, 2.05) is 0 Å². The molecule has 0 amide bonds. The average molecular weight is 254 g/mol. The maximum atomic E-state index is 5.69. The largest absolute Gasteiger partial charge is 0.339 e. The molecule has 0 spiro atoms. The maximum Gasteiger partial charge on any atom is 0.208 e. The molecule has 0 aliphatic heterocycles. The van der Waals surface area contributed by atoms with Gasteiger partial charge in [0.15, 0.2) is 0 Å². The Hall–Kier alpha value is -0.770. The fourth-order valence-electron chi connectivity index (χ4n) is 2.48. The van der Waals surface area contributed by atoms with Crippen LogP contribution in [0.2, 0.25) is 0 Å². The number of rotatable bonds is 6. The van der Waals surface area contributed by atoms with Crippen molar-refractivity contribution in [3.63, 3.8) is 0 Å². The van der Waals surface area contributed by atoms with E-state index in [1.165, 1.54) is 38.5 Å². The molecule has 18 heavy (non-hydrogen) atoms. The molecule has 4 nitrogen and oxygen atoms in total. The summed E-state index contributed by atoms with van der Waals surface area (Å²) < 4.78 is 0. The Morgan fingerprint density at radius 1 is 1.39 bits per heavy atom. The van der Waals surface area contributed by atoms with Crippen LogP contribution in [0, 0.1) is 0 Å². The SMILES string of the molecule is CCCCN(C(=NC1CCCC1)NN)C(C)CC. The first-order chi connectivity index (χ1) is 8.72. The normalized spacial score (nSPS) is 19.0. The van der Waals surface area contributed by atoms with Crippen molar-refractivity contribution in [2.24, 2.45) is 10.8 Å². The summed E-state index contributed by atoms with van der Waals surface area (Å²) in [5.74, 6) is 6.59. The van der Waals surface area contributed by atoms with E-state index in [0.29, 0.717) is 12.1 Å². The lowest BCUT2D eigenvalue weighted by Crippen LogP contribution is -2.49. The predicted molar refractivity (Wildman–Crippen MR) is 78.4 cm³/mol. The van der Waals surface area contributed by atoms with E-state index in [1.54, 1.807) is 0 Å². The Morgan fingerprint density at radius 2 is 2.06 bits per heavy atom. The summed E-state index contributed by atoms with van der Waals surface area (Å²) in [7, 11) is 0. The molecule has 4 heteroatoms. The molecule has 3 N–H and O–H groups in total. The Bertz CT molecular complexity index is 246. The Balaban J connectivity index is 2.70. The zero-order valence-electron chi connectivity index (χ0n) is 12.3. The minimum absolute atomic E-state index is 0.476. The van der Waals surface area contributed by atoms with Gasteiger partial charge in [-0.25, -0.2) is 10.8 Å². The monoisotopic (exact) mass is 254 g/mol. The Kier molecular flexibility index (Phi) is 7.09. The fraction of sp³-hybridized carbons (Fsp3) is 0.929. The molecule has 1 fully saturated rings. The topological polar surface area (TPSA) is 53.6 Å². The Labute approximate surface area is 112 Å². The first kappa shape index (κ1) is 15.3. The Morgan fingerprint density at radius 3 is 2.56 bits per heavy atom. The maximum absolute atomic E-state index is 5.69. The van der Waals surface area contributed by atoms with Gasteiger partial charge in [-0.05, 0) is 32.6 Å². The summed E-state index contributed by atoms with van der Waals surface area (Å²) in [4.78, 5) is 7.16. The van der Waals surface area contributed by atoms with Gasteiger partial charge in [-0.3, -0.25) is 5.43 Å². The number of hydrogen-bond donors (Lipinski definition) is 2. The van der Waals surface area contributed by atoms with E-state index in [-0.39, 0.29) is 0 Å². The molecule has 1 saturated carbocycles. The van der Waals surface area contributed by atoms with Crippen LogP contribution in [0.1, 0.15) is 65.7 Å². The van der Waals surface area contributed by atoms with Gasteiger partial charge < -0.3 is 4.90 Å². The van der Waals surface area contributed by atoms with E-state index >= 15 is 0 Å². The van der Waals surface area contributed by atoms with Gasteiger partial charge in [-0.1, -0.05) is 33.1 Å². The minimum atomic E-state index is 0.476. The summed E-state index contributed by atoms with van der Waals surface area (Å²) in [6.45, 7) is 7.73. The molecule has 0 aromatic carbocycles. The number of aliphatic imine (C=N–C) groups is 1. The van der Waals surface area contributed by atoms with Crippen molar-refractivity contribution in [1.82, 2.24) is 10.3 Å². The van der Waals surface area contributed by atoms with Gasteiger partial charge in [0, 0.05) is 12.6 Å². The molecule has 1 unspecified atom stereocenters. The number of hydrogen-bond acceptors (Lipinski definition) is 2. The van der Waals surface area contributed by atoms with E-state index < -0.39 is 0 Å². The quantitative estimate of drug-likeness (QED) is 0.331. The van der Waals surface area contributed by atoms with Crippen molar-refractivity contribution in [1.29, 1.82) is 0 Å². The van der Waals surface area contributed by atoms with Gasteiger partial charge in [0.1, 0.15) is 0 Å². The van der Waals surface area contributed by atoms with Gasteiger partial charge in [-0.2, -0.15) is 0 Å². The van der Waals surface area contributed by atoms with Gasteiger partial charge >= 0.3 is 0 Å². The highest BCUT2D eigenvalue weighted by Crippen LogP contribution is 2.21. The molecule has 0 saturated heterocycles. The van der Waals surface area contributed by atoms with Crippen LogP contribution in [-0.4, -0.2) is 29.5 Å². The van der Waals surface area contributed by atoms with Crippen molar-refractivity contribution in [2.75, 3.05) is 6.54 Å². The molecule has 0 aromatic heterocycles. The second-order valence-corrected chi connectivity index (χ2v) is 5.34. The molecule has 0 radical (unpaired) electrons. The lowest BCUT2D eigenvalue weighted by Gasteiger charge is -2.31. The first-order valence-corrected chi connectivity index (χ1v) is 7.53. The molecule has 106 valence electrons. The molecular weight excluding hydrogens is 224 g/mol. The molecule has 0 bridgehead atoms. The highest BCUT2D eigenvalue weighted by molar-refractivity contribution is 5.79. The summed E-state index contributed by atoms with van der Waals surface area (Å²) >= 11 is 0. The van der Waals surface area contributed by atoms with Crippen LogP contribution >= 0.6 is 0 Å². The van der Waals surface area contributed by atoms with Crippen LogP contribution in [0.3, 0.4) is 0 Å². The van der Waals surface area contributed by atoms with Crippen molar-refractivity contribution in [2.45, 2.75) is 77.8 Å². The number of hydrazine groups is 1. The summed E-state index contributed by atoms with van der Waals surface area (Å²) in [6.07, 6.45) is 8.56. The molecule has 1 aliphatic carbocycles. The number of unbranched alkanes of at least 4 members (excludes halogenated alkanes) is 1. The van der Waals surface area contributed by atoms with Gasteiger partial charge in [0.2, 0.25) is 5.96 Å². The van der Waals surface area contributed by atoms with Gasteiger partial charge in [0.05, 0.1) is 6.04 Å². The van der Waals surface area contributed by atoms with Gasteiger partial charge in [0.25, 0.3) is 0 Å². The molecule has 0 aromatic rings. The highest BCUT2D eigenvalue weighted by atomic mass is 15.4. The predicted octanol–water partition coefficient (Wildman–Crippen LogP) is 2.65. The zero-order chi connectivity index (χ0) is 13.4. The lowest BCUT2D eigenvalue weighted by molar-refractivity contribution is 0.304. The molecule has 1 aliphatic rings. The summed E-state index contributed by atoms with van der Waals surface area (Å²) in [5.41, 5.74) is 2.83. The highest BCUT2D eigenvalue weighted by Gasteiger charge is 2.19. The van der Waals surface area contributed by atoms with Crippen LogP contribution in [0.25, 0.3) is 0 Å². The van der Waals surface area contributed by atoms with Crippen LogP contribution in [-0.2, 0) is 0 Å². The third kappa shape index (κ3) is 4.48. The molecule has 1 rings (SSSR count). The van der Waals surface area contributed by atoms with E-state index in [2.05, 4.69) is 31.1 Å². The van der Waals surface area contributed by atoms with Crippen LogP contribution < -0.4 is 11.3 Å². The minimum Gasteiger partial charge on any atom is -0.339 e. The zero-order valence-corrected chi connectivity index (χ0v) is 12.3. The standard InChI is InChI=1S/C14H30N4/c1-4-6-11-18(12(3)5-2)14(17-15)16-13-9-7-8-10-13/h12-13H,4-11,15H2,1-3H3,(H,16,17). The second-order valence-electron chi connectivity index (χ2n) is 5.34. The smallest absolute Gasteiger partial charge is 0.208 e. The van der Waals surface area contributed by atoms with Crippen molar-refractivity contribution in [3.05, 3.63) is 0 Å². The van der Waals surface area contributed by atoms with Crippen molar-refractivity contribution >= 4 is 5.96 Å². The number of nitrogens with two attached hydrogens (primary N) is 1. The second kappa shape index (κ2) is 8.35. The number of nitrogens with one attached hydrogen (secondary N) is 1. The third-order valence-electron chi connectivity index (χ3n) is 3.91. The average Bonchev–Trinajstić information content (AvgIpc) is 2.90. The van der Waals surface area contributed by atoms with E-state index in [4.69, 9.17) is 10.8 Å². The van der Waals surface area contributed by atoms with Crippen molar-refractivity contribution < 1.29 is 0 Å².